The minimum Gasteiger partial charge on any atom is -0.300 e. The number of hydrogen-bond acceptors (Lipinski definition) is 5. The third-order valence-electron chi connectivity index (χ3n) is 3.38. The lowest BCUT2D eigenvalue weighted by Crippen LogP contribution is -2.22. The molecule has 3 aromatic rings. The van der Waals surface area contributed by atoms with E-state index in [0.29, 0.717) is 5.13 Å². The lowest BCUT2D eigenvalue weighted by atomic mass is 10.2. The number of anilines is 1. The number of aryl methyl sites for hydroxylation is 1. The average molecular weight is 355 g/mol. The van der Waals surface area contributed by atoms with Gasteiger partial charge in [-0.1, -0.05) is 59.4 Å². The predicted octanol–water partition coefficient (Wildman–Crippen LogP) is 4.63. The minimum absolute atomic E-state index is 0.0736. The Kier molecular flexibility index (Phi) is 5.27. The molecule has 0 bridgehead atoms. The molecule has 0 aliphatic rings. The van der Waals surface area contributed by atoms with Crippen molar-refractivity contribution in [3.63, 3.8) is 0 Å². The van der Waals surface area contributed by atoms with Gasteiger partial charge in [0.1, 0.15) is 5.01 Å². The molecule has 0 spiro atoms. The maximum Gasteiger partial charge on any atom is 0.239 e. The second kappa shape index (κ2) is 7.59. The number of amides is 1. The summed E-state index contributed by atoms with van der Waals surface area (Å²) in [4.78, 5) is 13.4. The van der Waals surface area contributed by atoms with Crippen molar-refractivity contribution in [3.8, 4) is 10.6 Å². The molecule has 1 aromatic heterocycles. The van der Waals surface area contributed by atoms with Gasteiger partial charge in [-0.05, 0) is 26.0 Å². The summed E-state index contributed by atoms with van der Waals surface area (Å²) in [5.74, 6) is -0.0736. The Bertz CT molecular complexity index is 816. The molecule has 1 N–H and O–H groups in total. The van der Waals surface area contributed by atoms with Crippen LogP contribution in [-0.2, 0) is 4.79 Å². The van der Waals surface area contributed by atoms with E-state index in [0.717, 1.165) is 15.5 Å². The van der Waals surface area contributed by atoms with Gasteiger partial charge in [-0.15, -0.1) is 22.0 Å². The van der Waals surface area contributed by atoms with Crippen LogP contribution in [0.3, 0.4) is 0 Å². The van der Waals surface area contributed by atoms with Crippen LogP contribution in [0.5, 0.6) is 0 Å². The van der Waals surface area contributed by atoms with Crippen LogP contribution in [0.15, 0.2) is 59.5 Å². The van der Waals surface area contributed by atoms with Crippen molar-refractivity contribution in [1.29, 1.82) is 0 Å². The van der Waals surface area contributed by atoms with Gasteiger partial charge < -0.3 is 0 Å². The molecule has 0 radical (unpaired) electrons. The summed E-state index contributed by atoms with van der Waals surface area (Å²) in [5, 5.41) is 12.2. The van der Waals surface area contributed by atoms with Gasteiger partial charge in [0.2, 0.25) is 11.0 Å². The molecule has 1 amide bonds. The van der Waals surface area contributed by atoms with Gasteiger partial charge in [-0.25, -0.2) is 0 Å². The zero-order chi connectivity index (χ0) is 16.9. The summed E-state index contributed by atoms with van der Waals surface area (Å²) in [6.07, 6.45) is 0. The van der Waals surface area contributed by atoms with Crippen LogP contribution in [0.25, 0.3) is 10.6 Å². The predicted molar refractivity (Wildman–Crippen MR) is 100 cm³/mol. The van der Waals surface area contributed by atoms with Crippen molar-refractivity contribution < 1.29 is 4.79 Å². The third-order valence-corrected chi connectivity index (χ3v) is 5.38. The quantitative estimate of drug-likeness (QED) is 0.678. The Morgan fingerprint density at radius 1 is 1.08 bits per heavy atom. The lowest BCUT2D eigenvalue weighted by Gasteiger charge is -2.09. The minimum atomic E-state index is -0.209. The maximum atomic E-state index is 12.3. The van der Waals surface area contributed by atoms with E-state index < -0.39 is 0 Å². The van der Waals surface area contributed by atoms with Crippen molar-refractivity contribution in [3.05, 3.63) is 60.2 Å². The van der Waals surface area contributed by atoms with E-state index in [1.54, 1.807) is 0 Å². The molecule has 6 heteroatoms. The molecule has 1 atom stereocenters. The fraction of sp³-hybridized carbons (Fsp3) is 0.167. The molecule has 0 unspecified atom stereocenters. The molecule has 1 heterocycles. The number of aromatic nitrogens is 2. The van der Waals surface area contributed by atoms with Gasteiger partial charge in [0.15, 0.2) is 0 Å². The first-order chi connectivity index (χ1) is 11.6. The highest BCUT2D eigenvalue weighted by atomic mass is 32.2. The molecular weight excluding hydrogens is 338 g/mol. The molecule has 0 fully saturated rings. The largest absolute Gasteiger partial charge is 0.300 e. The lowest BCUT2D eigenvalue weighted by molar-refractivity contribution is -0.115. The SMILES string of the molecule is Cc1ccc(-c2nnc(NC(=O)[C@@H](C)Sc3ccccc3)s2)cc1. The van der Waals surface area contributed by atoms with E-state index >= 15 is 0 Å². The maximum absolute atomic E-state index is 12.3. The topological polar surface area (TPSA) is 54.9 Å². The summed E-state index contributed by atoms with van der Waals surface area (Å²) < 4.78 is 0. The van der Waals surface area contributed by atoms with Gasteiger partial charge >= 0.3 is 0 Å². The van der Waals surface area contributed by atoms with Crippen LogP contribution in [0.2, 0.25) is 0 Å². The molecule has 0 aliphatic carbocycles. The van der Waals surface area contributed by atoms with Crippen molar-refractivity contribution in [2.45, 2.75) is 24.0 Å². The number of hydrogen-bond donors (Lipinski definition) is 1. The number of benzene rings is 2. The molecular formula is C18H17N3OS2. The van der Waals surface area contributed by atoms with E-state index in [4.69, 9.17) is 0 Å². The average Bonchev–Trinajstić information content (AvgIpc) is 3.05. The Morgan fingerprint density at radius 3 is 2.50 bits per heavy atom. The molecule has 2 aromatic carbocycles. The van der Waals surface area contributed by atoms with E-state index in [1.807, 2.05) is 68.4 Å². The fourth-order valence-electron chi connectivity index (χ4n) is 2.05. The summed E-state index contributed by atoms with van der Waals surface area (Å²) >= 11 is 2.90. The number of carbonyl (C=O) groups is 1. The smallest absolute Gasteiger partial charge is 0.239 e. The summed E-state index contributed by atoms with van der Waals surface area (Å²) in [6.45, 7) is 3.93. The van der Waals surface area contributed by atoms with Crippen LogP contribution in [-0.4, -0.2) is 21.4 Å². The Hall–Kier alpha value is -2.18. The number of nitrogens with zero attached hydrogens (tertiary/aromatic N) is 2. The fourth-order valence-corrected chi connectivity index (χ4v) is 3.69. The molecule has 4 nitrogen and oxygen atoms in total. The number of thioether (sulfide) groups is 1. The van der Waals surface area contributed by atoms with Crippen molar-refractivity contribution in [1.82, 2.24) is 10.2 Å². The zero-order valence-corrected chi connectivity index (χ0v) is 15.0. The van der Waals surface area contributed by atoms with Crippen LogP contribution >= 0.6 is 23.1 Å². The molecule has 24 heavy (non-hydrogen) atoms. The second-order valence-electron chi connectivity index (χ2n) is 5.34. The van der Waals surface area contributed by atoms with Crippen LogP contribution in [0.1, 0.15) is 12.5 Å². The Morgan fingerprint density at radius 2 is 1.79 bits per heavy atom. The normalized spacial score (nSPS) is 11.9. The van der Waals surface area contributed by atoms with Crippen molar-refractivity contribution in [2.75, 3.05) is 5.32 Å². The zero-order valence-electron chi connectivity index (χ0n) is 13.4. The van der Waals surface area contributed by atoms with E-state index in [2.05, 4.69) is 15.5 Å². The summed E-state index contributed by atoms with van der Waals surface area (Å²) in [5.41, 5.74) is 2.20. The van der Waals surface area contributed by atoms with Gasteiger partial charge in [0.25, 0.3) is 0 Å². The summed E-state index contributed by atoms with van der Waals surface area (Å²) in [7, 11) is 0. The highest BCUT2D eigenvalue weighted by Gasteiger charge is 2.16. The van der Waals surface area contributed by atoms with E-state index in [9.17, 15) is 4.79 Å². The molecule has 0 saturated carbocycles. The highest BCUT2D eigenvalue weighted by molar-refractivity contribution is 8.00. The standard InChI is InChI=1S/C18H17N3OS2/c1-12-8-10-14(11-9-12)17-20-21-18(24-17)19-16(22)13(2)23-15-6-4-3-5-7-15/h3-11,13H,1-2H3,(H,19,21,22)/t13-/m1/s1. The summed E-state index contributed by atoms with van der Waals surface area (Å²) in [6, 6.07) is 18.0. The highest BCUT2D eigenvalue weighted by Crippen LogP contribution is 2.28. The van der Waals surface area contributed by atoms with Crippen LogP contribution in [0.4, 0.5) is 5.13 Å². The Labute approximate surface area is 149 Å². The molecule has 0 saturated heterocycles. The molecule has 0 aliphatic heterocycles. The second-order valence-corrected chi connectivity index (χ2v) is 7.73. The third kappa shape index (κ3) is 4.21. The van der Waals surface area contributed by atoms with Crippen molar-refractivity contribution >= 4 is 34.1 Å². The first kappa shape index (κ1) is 16.7. The number of rotatable bonds is 5. The van der Waals surface area contributed by atoms with Crippen LogP contribution < -0.4 is 5.32 Å². The van der Waals surface area contributed by atoms with Gasteiger partial charge in [0.05, 0.1) is 5.25 Å². The van der Waals surface area contributed by atoms with Gasteiger partial charge in [-0.2, -0.15) is 0 Å². The molecule has 3 rings (SSSR count). The van der Waals surface area contributed by atoms with Gasteiger partial charge in [-0.3, -0.25) is 10.1 Å². The van der Waals surface area contributed by atoms with E-state index in [1.165, 1.54) is 28.7 Å². The van der Waals surface area contributed by atoms with Crippen molar-refractivity contribution in [2.24, 2.45) is 0 Å². The monoisotopic (exact) mass is 355 g/mol. The van der Waals surface area contributed by atoms with Crippen LogP contribution in [0, 0.1) is 6.92 Å². The first-order valence-corrected chi connectivity index (χ1v) is 9.24. The Balaban J connectivity index is 1.63. The number of nitrogens with one attached hydrogen (secondary N) is 1. The van der Waals surface area contributed by atoms with E-state index in [-0.39, 0.29) is 11.2 Å². The number of carbonyl (C=O) groups excluding carboxylic acids is 1. The molecule has 122 valence electrons. The first-order valence-electron chi connectivity index (χ1n) is 7.55. The van der Waals surface area contributed by atoms with Gasteiger partial charge in [0, 0.05) is 10.5 Å².